The minimum absolute atomic E-state index is 0.0746. The Morgan fingerprint density at radius 3 is 2.38 bits per heavy atom. The maximum atomic E-state index is 15.5. The van der Waals surface area contributed by atoms with Crippen molar-refractivity contribution < 1.29 is 39.6 Å². The molecule has 3 aromatic heterocycles. The number of nitrogens with zero attached hydrogens (tertiary/aromatic N) is 5. The molecule has 3 unspecified atom stereocenters. The van der Waals surface area contributed by atoms with E-state index in [9.17, 15) is 30.8 Å². The standard InChI is InChI=1S/C34H29ClF6N8O3S/c1-14-23(42)12-20(18-5-7-22(35)27-30(18)48(2)46-33(27)47-53(3,51)52)28(43-14)24(10-15-8-16(36)11-17(37)9-15)44-25(50)13-49-31-26(29(45-49)32(38)39)19-4-6-21(19)34(31,40)41/h4-9,11-12,19,21,24,32H,10,13,42H2,1-3H3,(H,44,50)(H,46,47). The summed E-state index contributed by atoms with van der Waals surface area (Å²) in [7, 11) is -2.28. The Bertz CT molecular complexity index is 2470. The second-order valence-electron chi connectivity index (χ2n) is 13.0. The van der Waals surface area contributed by atoms with Crippen molar-refractivity contribution in [1.29, 1.82) is 0 Å². The molecule has 0 bridgehead atoms. The summed E-state index contributed by atoms with van der Waals surface area (Å²) in [6.45, 7) is 0.664. The summed E-state index contributed by atoms with van der Waals surface area (Å²) in [5, 5.41) is 11.1. The number of alkyl halides is 4. The summed E-state index contributed by atoms with van der Waals surface area (Å²) in [6, 6.07) is 6.07. The van der Waals surface area contributed by atoms with Gasteiger partial charge in [0.05, 0.1) is 51.2 Å². The minimum Gasteiger partial charge on any atom is -0.397 e. The number of carbonyl (C=O) groups is 1. The molecule has 7 rings (SSSR count). The van der Waals surface area contributed by atoms with Crippen LogP contribution in [0, 0.1) is 24.5 Å². The predicted molar refractivity (Wildman–Crippen MR) is 184 cm³/mol. The zero-order valence-corrected chi connectivity index (χ0v) is 29.5. The molecule has 11 nitrogen and oxygen atoms in total. The summed E-state index contributed by atoms with van der Waals surface area (Å²) in [5.41, 5.74) is 5.96. The first-order valence-corrected chi connectivity index (χ1v) is 18.2. The smallest absolute Gasteiger partial charge is 0.296 e. The Morgan fingerprint density at radius 2 is 1.75 bits per heavy atom. The molecule has 5 aromatic rings. The van der Waals surface area contributed by atoms with Gasteiger partial charge in [-0.05, 0) is 43.2 Å². The van der Waals surface area contributed by atoms with E-state index in [2.05, 4.69) is 25.2 Å². The number of pyridine rings is 1. The summed E-state index contributed by atoms with van der Waals surface area (Å²) in [5.74, 6) is -8.76. The predicted octanol–water partition coefficient (Wildman–Crippen LogP) is 6.44. The maximum absolute atomic E-state index is 15.5. The molecule has 53 heavy (non-hydrogen) atoms. The second kappa shape index (κ2) is 12.8. The number of aromatic nitrogens is 5. The van der Waals surface area contributed by atoms with Crippen LogP contribution in [0.2, 0.25) is 5.02 Å². The molecule has 1 amide bonds. The van der Waals surface area contributed by atoms with Gasteiger partial charge in [-0.25, -0.2) is 26.0 Å². The fourth-order valence-electron chi connectivity index (χ4n) is 7.08. The topological polar surface area (TPSA) is 150 Å². The van der Waals surface area contributed by atoms with Crippen molar-refractivity contribution in [1.82, 2.24) is 29.9 Å². The molecule has 0 saturated heterocycles. The number of nitrogen functional groups attached to an aromatic ring is 1. The highest BCUT2D eigenvalue weighted by Crippen LogP contribution is 2.60. The van der Waals surface area contributed by atoms with Crippen molar-refractivity contribution in [3.8, 4) is 11.1 Å². The van der Waals surface area contributed by atoms with E-state index in [0.717, 1.165) is 18.4 Å². The van der Waals surface area contributed by atoms with Gasteiger partial charge in [0.15, 0.2) is 5.82 Å². The lowest BCUT2D eigenvalue weighted by molar-refractivity contribution is -0.123. The quantitative estimate of drug-likeness (QED) is 0.109. The zero-order valence-electron chi connectivity index (χ0n) is 27.9. The number of rotatable bonds is 10. The molecular weight excluding hydrogens is 750 g/mol. The number of allylic oxidation sites excluding steroid dienone is 2. The van der Waals surface area contributed by atoms with Crippen LogP contribution in [-0.2, 0) is 40.8 Å². The van der Waals surface area contributed by atoms with Crippen LogP contribution >= 0.6 is 11.6 Å². The van der Waals surface area contributed by atoms with Gasteiger partial charge in [0.25, 0.3) is 12.3 Å². The van der Waals surface area contributed by atoms with Gasteiger partial charge >= 0.3 is 0 Å². The van der Waals surface area contributed by atoms with Gasteiger partial charge in [-0.1, -0.05) is 29.8 Å². The molecule has 2 aliphatic carbocycles. The molecule has 2 aromatic carbocycles. The van der Waals surface area contributed by atoms with Gasteiger partial charge in [-0.3, -0.25) is 23.9 Å². The molecule has 0 fully saturated rings. The third-order valence-corrected chi connectivity index (χ3v) is 10.2. The third kappa shape index (κ3) is 6.36. The average Bonchev–Trinajstić information content (AvgIpc) is 3.58. The number of benzene rings is 2. The maximum Gasteiger partial charge on any atom is 0.296 e. The fraction of sp³-hybridized carbons (Fsp3) is 0.294. The van der Waals surface area contributed by atoms with Crippen molar-refractivity contribution >= 4 is 49.9 Å². The molecular formula is C34H29ClF6N8O3S. The highest BCUT2D eigenvalue weighted by atomic mass is 35.5. The summed E-state index contributed by atoms with van der Waals surface area (Å²) < 4.78 is 116. The van der Waals surface area contributed by atoms with E-state index in [1.807, 2.05) is 0 Å². The second-order valence-corrected chi connectivity index (χ2v) is 15.2. The van der Waals surface area contributed by atoms with Crippen LogP contribution in [0.15, 0.2) is 48.6 Å². The highest BCUT2D eigenvalue weighted by molar-refractivity contribution is 7.92. The molecule has 3 heterocycles. The number of carbonyl (C=O) groups excluding carboxylic acids is 1. The first-order chi connectivity index (χ1) is 24.8. The molecule has 0 aliphatic heterocycles. The van der Waals surface area contributed by atoms with Gasteiger partial charge in [0.1, 0.15) is 29.6 Å². The molecule has 19 heteroatoms. The van der Waals surface area contributed by atoms with Crippen molar-refractivity contribution in [3.63, 3.8) is 0 Å². The molecule has 0 radical (unpaired) electrons. The van der Waals surface area contributed by atoms with Gasteiger partial charge in [0, 0.05) is 35.7 Å². The Kier molecular flexibility index (Phi) is 8.75. The van der Waals surface area contributed by atoms with Crippen molar-refractivity contribution in [2.45, 2.75) is 44.2 Å². The van der Waals surface area contributed by atoms with E-state index in [1.54, 1.807) is 13.0 Å². The van der Waals surface area contributed by atoms with Gasteiger partial charge in [-0.2, -0.15) is 19.0 Å². The van der Waals surface area contributed by atoms with E-state index in [1.165, 1.54) is 36.0 Å². The van der Waals surface area contributed by atoms with Gasteiger partial charge in [-0.15, -0.1) is 0 Å². The monoisotopic (exact) mass is 778 g/mol. The molecule has 278 valence electrons. The number of nitrogens with two attached hydrogens (primary N) is 1. The lowest BCUT2D eigenvalue weighted by Gasteiger charge is -2.27. The van der Waals surface area contributed by atoms with Crippen LogP contribution in [0.4, 0.5) is 37.8 Å². The normalized spacial score (nSPS) is 17.9. The number of fused-ring (bicyclic) bond motifs is 4. The SMILES string of the molecule is Cc1nc(C(Cc2cc(F)cc(F)c2)NC(=O)Cn2nc(C(F)F)c3c2C(F)(F)C2C=CC32)c(-c2ccc(Cl)c3c(NS(C)(=O)=O)nn(C)c23)cc1N. The number of halogens is 7. The van der Waals surface area contributed by atoms with Crippen molar-refractivity contribution in [3.05, 3.63) is 99.1 Å². The van der Waals surface area contributed by atoms with Gasteiger partial charge < -0.3 is 11.1 Å². The lowest BCUT2D eigenvalue weighted by atomic mass is 9.81. The molecule has 2 aliphatic rings. The fourth-order valence-corrected chi connectivity index (χ4v) is 7.82. The number of anilines is 2. The molecule has 4 N–H and O–H groups in total. The number of amides is 1. The number of sulfonamides is 1. The largest absolute Gasteiger partial charge is 0.397 e. The van der Waals surface area contributed by atoms with E-state index >= 15 is 8.78 Å². The van der Waals surface area contributed by atoms with Gasteiger partial charge in [0.2, 0.25) is 15.9 Å². The highest BCUT2D eigenvalue weighted by Gasteiger charge is 2.60. The summed E-state index contributed by atoms with van der Waals surface area (Å²) in [4.78, 5) is 18.5. The number of hydrogen-bond donors (Lipinski definition) is 3. The lowest BCUT2D eigenvalue weighted by Crippen LogP contribution is -2.36. The summed E-state index contributed by atoms with van der Waals surface area (Å²) in [6.07, 6.45) is 0.0727. The van der Waals surface area contributed by atoms with E-state index in [0.29, 0.717) is 21.8 Å². The summed E-state index contributed by atoms with van der Waals surface area (Å²) >= 11 is 6.54. The number of hydrogen-bond acceptors (Lipinski definition) is 7. The van der Waals surface area contributed by atoms with Crippen LogP contribution in [0.5, 0.6) is 0 Å². The Hall–Kier alpha value is -5.10. The first-order valence-electron chi connectivity index (χ1n) is 15.9. The Labute approximate surface area is 302 Å². The van der Waals surface area contributed by atoms with E-state index < -0.39 is 75.7 Å². The Balaban J connectivity index is 1.35. The van der Waals surface area contributed by atoms with Crippen LogP contribution in [-0.4, -0.2) is 45.1 Å². The van der Waals surface area contributed by atoms with E-state index in [4.69, 9.17) is 17.3 Å². The van der Waals surface area contributed by atoms with Crippen molar-refractivity contribution in [2.75, 3.05) is 16.7 Å². The number of aryl methyl sites for hydroxylation is 2. The Morgan fingerprint density at radius 1 is 1.06 bits per heavy atom. The first kappa shape index (κ1) is 36.3. The minimum atomic E-state index is -3.81. The number of nitrogens with one attached hydrogen (secondary N) is 2. The van der Waals surface area contributed by atoms with Crippen LogP contribution < -0.4 is 15.8 Å². The van der Waals surface area contributed by atoms with Crippen LogP contribution in [0.3, 0.4) is 0 Å². The van der Waals surface area contributed by atoms with Crippen molar-refractivity contribution in [2.24, 2.45) is 13.0 Å². The molecule has 0 saturated carbocycles. The van der Waals surface area contributed by atoms with E-state index in [-0.39, 0.29) is 56.4 Å². The molecule has 3 atom stereocenters. The van der Waals surface area contributed by atoms with Crippen LogP contribution in [0.1, 0.15) is 52.3 Å². The molecule has 0 spiro atoms. The third-order valence-electron chi connectivity index (χ3n) is 9.32. The zero-order chi connectivity index (χ0) is 38.3. The van der Waals surface area contributed by atoms with Crippen LogP contribution in [0.25, 0.3) is 22.0 Å². The average molecular weight is 779 g/mol.